The maximum Gasteiger partial charge on any atom is 0.326 e. The van der Waals surface area contributed by atoms with Gasteiger partial charge in [0.1, 0.15) is 5.54 Å². The van der Waals surface area contributed by atoms with Crippen molar-refractivity contribution in [2.45, 2.75) is 84.7 Å². The summed E-state index contributed by atoms with van der Waals surface area (Å²) in [7, 11) is 0. The molecule has 1 aromatic rings. The van der Waals surface area contributed by atoms with Crippen LogP contribution in [0, 0.1) is 0 Å². The quantitative estimate of drug-likeness (QED) is 0.495. The molecule has 0 spiro atoms. The van der Waals surface area contributed by atoms with Crippen LogP contribution in [0.2, 0.25) is 0 Å². The minimum absolute atomic E-state index is 0.196. The molecule has 0 aliphatic carbocycles. The number of nitrogens with zero attached hydrogens (tertiary/aromatic N) is 2. The third kappa shape index (κ3) is 6.29. The Hall–Kier alpha value is -1.43. The number of rotatable bonds is 11. The Bertz CT molecular complexity index is 473. The van der Waals surface area contributed by atoms with Crippen molar-refractivity contribution >= 4 is 5.97 Å². The smallest absolute Gasteiger partial charge is 0.326 e. The highest BCUT2D eigenvalue weighted by Gasteiger charge is 2.34. The molecule has 0 saturated heterocycles. The minimum Gasteiger partial charge on any atom is -0.465 e. The van der Waals surface area contributed by atoms with Gasteiger partial charge < -0.3 is 9.15 Å². The van der Waals surface area contributed by atoms with E-state index in [0.717, 1.165) is 19.3 Å². The van der Waals surface area contributed by atoms with E-state index >= 15 is 0 Å². The summed E-state index contributed by atoms with van der Waals surface area (Å²) in [6, 6.07) is 0. The first-order valence-electron chi connectivity index (χ1n) is 8.67. The largest absolute Gasteiger partial charge is 0.465 e. The standard InChI is InChI=1S/C17H31N3O3/c1-6-8-9-10-11-17(5,16(21)22-7-2)18-12-14-19-20-15(23-14)13(3)4/h13,18H,6-12H2,1-5H3/t17-/m1/s1. The molecule has 1 aromatic heterocycles. The van der Waals surface area contributed by atoms with Crippen molar-refractivity contribution in [3.63, 3.8) is 0 Å². The SMILES string of the molecule is CCCCCC[C@@](C)(NCc1nnc(C(C)C)o1)C(=O)OCC. The van der Waals surface area contributed by atoms with Gasteiger partial charge in [0.05, 0.1) is 13.2 Å². The van der Waals surface area contributed by atoms with Gasteiger partial charge in [0.25, 0.3) is 0 Å². The third-order valence-corrected chi connectivity index (χ3v) is 3.86. The van der Waals surface area contributed by atoms with Crippen molar-refractivity contribution in [1.29, 1.82) is 0 Å². The van der Waals surface area contributed by atoms with Gasteiger partial charge in [-0.15, -0.1) is 10.2 Å². The number of nitrogens with one attached hydrogen (secondary N) is 1. The van der Waals surface area contributed by atoms with Crippen LogP contribution in [0.4, 0.5) is 0 Å². The second-order valence-corrected chi connectivity index (χ2v) is 6.41. The second-order valence-electron chi connectivity index (χ2n) is 6.41. The zero-order valence-corrected chi connectivity index (χ0v) is 15.1. The Morgan fingerprint density at radius 3 is 2.57 bits per heavy atom. The first-order chi connectivity index (χ1) is 10.9. The Labute approximate surface area is 139 Å². The van der Waals surface area contributed by atoms with E-state index < -0.39 is 5.54 Å². The molecule has 1 heterocycles. The van der Waals surface area contributed by atoms with E-state index in [2.05, 4.69) is 22.4 Å². The molecule has 23 heavy (non-hydrogen) atoms. The Morgan fingerprint density at radius 2 is 2.00 bits per heavy atom. The van der Waals surface area contributed by atoms with E-state index in [0.29, 0.717) is 24.9 Å². The van der Waals surface area contributed by atoms with Crippen molar-refractivity contribution in [2.24, 2.45) is 0 Å². The summed E-state index contributed by atoms with van der Waals surface area (Å²) in [5, 5.41) is 11.3. The topological polar surface area (TPSA) is 77.3 Å². The number of esters is 1. The summed E-state index contributed by atoms with van der Waals surface area (Å²) >= 11 is 0. The summed E-state index contributed by atoms with van der Waals surface area (Å²) in [6.45, 7) is 10.6. The van der Waals surface area contributed by atoms with Crippen LogP contribution < -0.4 is 5.32 Å². The molecule has 0 aromatic carbocycles. The van der Waals surface area contributed by atoms with Crippen molar-refractivity contribution in [3.8, 4) is 0 Å². The lowest BCUT2D eigenvalue weighted by Crippen LogP contribution is -2.50. The van der Waals surface area contributed by atoms with Gasteiger partial charge >= 0.3 is 5.97 Å². The summed E-state index contributed by atoms with van der Waals surface area (Å²) in [6.07, 6.45) is 5.18. The lowest BCUT2D eigenvalue weighted by atomic mass is 9.94. The monoisotopic (exact) mass is 325 g/mol. The summed E-state index contributed by atoms with van der Waals surface area (Å²) in [4.78, 5) is 12.3. The van der Waals surface area contributed by atoms with Crippen molar-refractivity contribution in [2.75, 3.05) is 6.61 Å². The Kier molecular flexibility index (Phi) is 8.23. The summed E-state index contributed by atoms with van der Waals surface area (Å²) < 4.78 is 10.8. The minimum atomic E-state index is -0.726. The molecule has 0 saturated carbocycles. The Morgan fingerprint density at radius 1 is 1.26 bits per heavy atom. The molecule has 1 N–H and O–H groups in total. The number of carbonyl (C=O) groups excluding carboxylic acids is 1. The lowest BCUT2D eigenvalue weighted by molar-refractivity contribution is -0.151. The number of ether oxygens (including phenoxy) is 1. The maximum atomic E-state index is 12.3. The molecule has 0 bridgehead atoms. The molecule has 0 aliphatic heterocycles. The van der Waals surface area contributed by atoms with Crippen LogP contribution >= 0.6 is 0 Å². The molecule has 0 aliphatic rings. The number of hydrogen-bond donors (Lipinski definition) is 1. The highest BCUT2D eigenvalue weighted by molar-refractivity contribution is 5.80. The Balaban J connectivity index is 2.65. The predicted octanol–water partition coefficient (Wildman–Crippen LogP) is 3.57. The fraction of sp³-hybridized carbons (Fsp3) is 0.824. The first-order valence-corrected chi connectivity index (χ1v) is 8.67. The lowest BCUT2D eigenvalue weighted by Gasteiger charge is -2.28. The van der Waals surface area contributed by atoms with Gasteiger partial charge in [0, 0.05) is 5.92 Å². The first kappa shape index (κ1) is 19.6. The van der Waals surface area contributed by atoms with Crippen LogP contribution in [-0.2, 0) is 16.1 Å². The number of hydrogen-bond acceptors (Lipinski definition) is 6. The van der Waals surface area contributed by atoms with E-state index in [4.69, 9.17) is 9.15 Å². The number of aromatic nitrogens is 2. The highest BCUT2D eigenvalue weighted by Crippen LogP contribution is 2.19. The molecule has 132 valence electrons. The fourth-order valence-corrected chi connectivity index (χ4v) is 2.30. The van der Waals surface area contributed by atoms with E-state index in [1.165, 1.54) is 12.8 Å². The molecule has 6 heteroatoms. The van der Waals surface area contributed by atoms with E-state index in [9.17, 15) is 4.79 Å². The summed E-state index contributed by atoms with van der Waals surface area (Å²) in [5.41, 5.74) is -0.726. The van der Waals surface area contributed by atoms with Crippen LogP contribution in [0.5, 0.6) is 0 Å². The third-order valence-electron chi connectivity index (χ3n) is 3.86. The molecule has 1 atom stereocenters. The van der Waals surface area contributed by atoms with Crippen molar-refractivity contribution in [1.82, 2.24) is 15.5 Å². The van der Waals surface area contributed by atoms with Gasteiger partial charge in [0.2, 0.25) is 11.8 Å². The van der Waals surface area contributed by atoms with Gasteiger partial charge in [-0.25, -0.2) is 0 Å². The van der Waals surface area contributed by atoms with Gasteiger partial charge in [-0.1, -0.05) is 46.5 Å². The molecule has 6 nitrogen and oxygen atoms in total. The molecular weight excluding hydrogens is 294 g/mol. The normalized spacial score (nSPS) is 14.0. The van der Waals surface area contributed by atoms with Crippen molar-refractivity contribution < 1.29 is 13.9 Å². The summed E-state index contributed by atoms with van der Waals surface area (Å²) in [5.74, 6) is 1.09. The maximum absolute atomic E-state index is 12.3. The zero-order chi connectivity index (χ0) is 17.3. The molecule has 0 radical (unpaired) electrons. The van der Waals surface area contributed by atoms with Crippen LogP contribution in [-0.4, -0.2) is 28.3 Å². The predicted molar refractivity (Wildman–Crippen MR) is 89.0 cm³/mol. The van der Waals surface area contributed by atoms with E-state index in [1.807, 2.05) is 27.7 Å². The van der Waals surface area contributed by atoms with Crippen LogP contribution in [0.25, 0.3) is 0 Å². The molecule has 0 unspecified atom stereocenters. The fourth-order valence-electron chi connectivity index (χ4n) is 2.30. The van der Waals surface area contributed by atoms with E-state index in [1.54, 1.807) is 0 Å². The van der Waals surface area contributed by atoms with E-state index in [-0.39, 0.29) is 11.9 Å². The van der Waals surface area contributed by atoms with Gasteiger partial charge in [0.15, 0.2) is 0 Å². The van der Waals surface area contributed by atoms with Gasteiger partial charge in [-0.2, -0.15) is 0 Å². The molecular formula is C17H31N3O3. The van der Waals surface area contributed by atoms with Crippen LogP contribution in [0.1, 0.15) is 84.4 Å². The van der Waals surface area contributed by atoms with Gasteiger partial charge in [-0.3, -0.25) is 10.1 Å². The number of carbonyl (C=O) groups is 1. The molecule has 1 rings (SSSR count). The average Bonchev–Trinajstić information content (AvgIpc) is 2.99. The van der Waals surface area contributed by atoms with Gasteiger partial charge in [-0.05, 0) is 20.3 Å². The van der Waals surface area contributed by atoms with Crippen molar-refractivity contribution in [3.05, 3.63) is 11.8 Å². The number of unbranched alkanes of at least 4 members (excludes halogenated alkanes) is 3. The van der Waals surface area contributed by atoms with Crippen LogP contribution in [0.3, 0.4) is 0 Å². The zero-order valence-electron chi connectivity index (χ0n) is 15.1. The van der Waals surface area contributed by atoms with Crippen LogP contribution in [0.15, 0.2) is 4.42 Å². The second kappa shape index (κ2) is 9.65. The highest BCUT2D eigenvalue weighted by atomic mass is 16.5. The molecule has 0 amide bonds. The molecule has 0 fully saturated rings. The average molecular weight is 325 g/mol.